The molecule has 0 aliphatic heterocycles. The summed E-state index contributed by atoms with van der Waals surface area (Å²) in [6.07, 6.45) is 0. The van der Waals surface area contributed by atoms with Gasteiger partial charge in [-0.25, -0.2) is 0 Å². The van der Waals surface area contributed by atoms with E-state index >= 15 is 0 Å². The van der Waals surface area contributed by atoms with Gasteiger partial charge in [-0.15, -0.1) is 0 Å². The van der Waals surface area contributed by atoms with E-state index in [0.717, 1.165) is 17.1 Å². The first-order chi connectivity index (χ1) is 8.06. The average Bonchev–Trinajstić information content (AvgIpc) is 2.26. The van der Waals surface area contributed by atoms with Crippen molar-refractivity contribution in [2.45, 2.75) is 13.8 Å². The van der Waals surface area contributed by atoms with E-state index in [0.29, 0.717) is 5.02 Å². The lowest BCUT2D eigenvalue weighted by atomic mass is 10.1. The Morgan fingerprint density at radius 3 is 2.47 bits per heavy atom. The van der Waals surface area contributed by atoms with Crippen molar-refractivity contribution >= 4 is 28.7 Å². The Morgan fingerprint density at radius 1 is 1.06 bits per heavy atom. The van der Waals surface area contributed by atoms with Crippen molar-refractivity contribution < 1.29 is 0 Å². The zero-order valence-corrected chi connectivity index (χ0v) is 10.7. The molecule has 0 fully saturated rings. The van der Waals surface area contributed by atoms with Crippen LogP contribution in [0.1, 0.15) is 11.1 Å². The maximum absolute atomic E-state index is 5.98. The van der Waals surface area contributed by atoms with E-state index in [2.05, 4.69) is 19.2 Å². The lowest BCUT2D eigenvalue weighted by Gasteiger charge is -2.12. The molecule has 0 saturated carbocycles. The van der Waals surface area contributed by atoms with Crippen molar-refractivity contribution in [1.29, 1.82) is 0 Å². The summed E-state index contributed by atoms with van der Waals surface area (Å²) in [7, 11) is 0. The quantitative estimate of drug-likeness (QED) is 0.776. The van der Waals surface area contributed by atoms with E-state index in [9.17, 15) is 0 Å². The molecule has 0 saturated heterocycles. The minimum atomic E-state index is 0.706. The standard InChI is InChI=1S/C14H15ClN2/c1-9-6-13(16)14(7-10(9)2)17-12-5-3-4-11(15)8-12/h3-8,17H,16H2,1-2H3. The van der Waals surface area contributed by atoms with Gasteiger partial charge in [-0.3, -0.25) is 0 Å². The SMILES string of the molecule is Cc1cc(N)c(Nc2cccc(Cl)c2)cc1C. The number of nitrogen functional groups attached to an aromatic ring is 1. The lowest BCUT2D eigenvalue weighted by molar-refractivity contribution is 1.34. The van der Waals surface area contributed by atoms with Gasteiger partial charge >= 0.3 is 0 Å². The zero-order chi connectivity index (χ0) is 12.4. The van der Waals surface area contributed by atoms with Crippen molar-refractivity contribution in [3.63, 3.8) is 0 Å². The van der Waals surface area contributed by atoms with Gasteiger partial charge in [-0.05, 0) is 55.3 Å². The van der Waals surface area contributed by atoms with E-state index in [1.807, 2.05) is 36.4 Å². The monoisotopic (exact) mass is 246 g/mol. The highest BCUT2D eigenvalue weighted by molar-refractivity contribution is 6.30. The number of nitrogens with two attached hydrogens (primary N) is 1. The number of hydrogen-bond donors (Lipinski definition) is 2. The van der Waals surface area contributed by atoms with Crippen LogP contribution in [0.4, 0.5) is 17.1 Å². The molecule has 2 aromatic rings. The third-order valence-electron chi connectivity index (χ3n) is 2.77. The molecule has 0 spiro atoms. The molecule has 88 valence electrons. The van der Waals surface area contributed by atoms with Gasteiger partial charge in [0.1, 0.15) is 0 Å². The van der Waals surface area contributed by atoms with Gasteiger partial charge < -0.3 is 11.1 Å². The molecule has 2 aromatic carbocycles. The minimum absolute atomic E-state index is 0.706. The Labute approximate surface area is 106 Å². The van der Waals surface area contributed by atoms with Gasteiger partial charge in [-0.1, -0.05) is 17.7 Å². The van der Waals surface area contributed by atoms with Gasteiger partial charge in [-0.2, -0.15) is 0 Å². The van der Waals surface area contributed by atoms with E-state index in [1.165, 1.54) is 11.1 Å². The second kappa shape index (κ2) is 4.68. The van der Waals surface area contributed by atoms with Crippen LogP contribution in [0.5, 0.6) is 0 Å². The highest BCUT2D eigenvalue weighted by Gasteiger charge is 2.03. The molecule has 0 radical (unpaired) electrons. The molecule has 0 aliphatic carbocycles. The molecule has 0 atom stereocenters. The number of halogens is 1. The van der Waals surface area contributed by atoms with Crippen LogP contribution in [0.2, 0.25) is 5.02 Å². The van der Waals surface area contributed by atoms with Crippen molar-refractivity contribution in [3.8, 4) is 0 Å². The van der Waals surface area contributed by atoms with Crippen LogP contribution in [0.25, 0.3) is 0 Å². The number of aryl methyl sites for hydroxylation is 2. The van der Waals surface area contributed by atoms with Crippen molar-refractivity contribution in [1.82, 2.24) is 0 Å². The van der Waals surface area contributed by atoms with E-state index in [4.69, 9.17) is 17.3 Å². The number of nitrogens with one attached hydrogen (secondary N) is 1. The fraction of sp³-hybridized carbons (Fsp3) is 0.143. The molecule has 2 nitrogen and oxygen atoms in total. The highest BCUT2D eigenvalue weighted by Crippen LogP contribution is 2.27. The van der Waals surface area contributed by atoms with E-state index in [-0.39, 0.29) is 0 Å². The van der Waals surface area contributed by atoms with Crippen LogP contribution >= 0.6 is 11.6 Å². The summed E-state index contributed by atoms with van der Waals surface area (Å²) in [5.74, 6) is 0. The first kappa shape index (κ1) is 11.8. The van der Waals surface area contributed by atoms with Crippen LogP contribution in [0.3, 0.4) is 0 Å². The topological polar surface area (TPSA) is 38.0 Å². The molecular formula is C14H15ClN2. The second-order valence-corrected chi connectivity index (χ2v) is 4.60. The first-order valence-corrected chi connectivity index (χ1v) is 5.83. The Morgan fingerprint density at radius 2 is 1.76 bits per heavy atom. The summed E-state index contributed by atoms with van der Waals surface area (Å²) in [4.78, 5) is 0. The second-order valence-electron chi connectivity index (χ2n) is 4.16. The van der Waals surface area contributed by atoms with Gasteiger partial charge in [0.2, 0.25) is 0 Å². The third kappa shape index (κ3) is 2.71. The summed E-state index contributed by atoms with van der Waals surface area (Å²) in [5.41, 5.74) is 11.0. The van der Waals surface area contributed by atoms with Gasteiger partial charge in [0, 0.05) is 10.7 Å². The number of rotatable bonds is 2. The Kier molecular flexibility index (Phi) is 3.25. The van der Waals surface area contributed by atoms with E-state index in [1.54, 1.807) is 0 Å². The Bertz CT molecular complexity index is 550. The summed E-state index contributed by atoms with van der Waals surface area (Å²) < 4.78 is 0. The molecule has 0 heterocycles. The maximum Gasteiger partial charge on any atom is 0.0620 e. The summed E-state index contributed by atoms with van der Waals surface area (Å²) >= 11 is 5.94. The molecule has 0 aliphatic rings. The lowest BCUT2D eigenvalue weighted by Crippen LogP contribution is -1.98. The smallest absolute Gasteiger partial charge is 0.0620 e. The fourth-order valence-electron chi connectivity index (χ4n) is 1.67. The third-order valence-corrected chi connectivity index (χ3v) is 3.00. The minimum Gasteiger partial charge on any atom is -0.397 e. The molecule has 17 heavy (non-hydrogen) atoms. The molecule has 3 heteroatoms. The Hall–Kier alpha value is -1.67. The van der Waals surface area contributed by atoms with Crippen LogP contribution in [0, 0.1) is 13.8 Å². The molecule has 2 rings (SSSR count). The van der Waals surface area contributed by atoms with Crippen LogP contribution in [-0.4, -0.2) is 0 Å². The molecule has 0 bridgehead atoms. The average molecular weight is 247 g/mol. The normalized spacial score (nSPS) is 10.3. The largest absolute Gasteiger partial charge is 0.397 e. The predicted molar refractivity (Wildman–Crippen MR) is 75.1 cm³/mol. The number of hydrogen-bond acceptors (Lipinski definition) is 2. The van der Waals surface area contributed by atoms with Gasteiger partial charge in [0.25, 0.3) is 0 Å². The van der Waals surface area contributed by atoms with Crippen molar-refractivity contribution in [3.05, 3.63) is 52.5 Å². The number of anilines is 3. The summed E-state index contributed by atoms with van der Waals surface area (Å²) in [6, 6.07) is 11.6. The van der Waals surface area contributed by atoms with Crippen LogP contribution in [-0.2, 0) is 0 Å². The van der Waals surface area contributed by atoms with Crippen molar-refractivity contribution in [2.75, 3.05) is 11.1 Å². The summed E-state index contributed by atoms with van der Waals surface area (Å²) in [5, 5.41) is 3.98. The molecular weight excluding hydrogens is 232 g/mol. The maximum atomic E-state index is 5.98. The van der Waals surface area contributed by atoms with Crippen molar-refractivity contribution in [2.24, 2.45) is 0 Å². The van der Waals surface area contributed by atoms with Gasteiger partial charge in [0.15, 0.2) is 0 Å². The molecule has 3 N–H and O–H groups in total. The zero-order valence-electron chi connectivity index (χ0n) is 9.92. The van der Waals surface area contributed by atoms with E-state index < -0.39 is 0 Å². The van der Waals surface area contributed by atoms with Gasteiger partial charge in [0.05, 0.1) is 11.4 Å². The van der Waals surface area contributed by atoms with Crippen LogP contribution < -0.4 is 11.1 Å². The number of benzene rings is 2. The first-order valence-electron chi connectivity index (χ1n) is 5.45. The fourth-order valence-corrected chi connectivity index (χ4v) is 1.86. The summed E-state index contributed by atoms with van der Waals surface area (Å²) in [6.45, 7) is 4.12. The molecule has 0 unspecified atom stereocenters. The van der Waals surface area contributed by atoms with Crippen LogP contribution in [0.15, 0.2) is 36.4 Å². The highest BCUT2D eigenvalue weighted by atomic mass is 35.5. The molecule has 0 amide bonds. The molecule has 0 aromatic heterocycles. The Balaban J connectivity index is 2.33. The predicted octanol–water partition coefficient (Wildman–Crippen LogP) is 4.28.